The maximum Gasteiger partial charge on any atom is 0.326 e. The Balaban J connectivity index is 2.86. The van der Waals surface area contributed by atoms with Crippen LogP contribution in [-0.2, 0) is 14.6 Å². The van der Waals surface area contributed by atoms with Gasteiger partial charge in [-0.05, 0) is 37.1 Å². The number of aliphatic carboxylic acids is 1. The van der Waals surface area contributed by atoms with Gasteiger partial charge < -0.3 is 10.4 Å². The number of nitrogens with one attached hydrogen (secondary N) is 1. The maximum atomic E-state index is 12.0. The Morgan fingerprint density at radius 3 is 2.18 bits per heavy atom. The molecular weight excluding hydrogens is 306 g/mol. The van der Waals surface area contributed by atoms with Gasteiger partial charge in [-0.15, -0.1) is 0 Å². The number of carbonyl (C=O) groups is 2. The molecule has 1 amide bonds. The monoisotopic (exact) mass is 327 g/mol. The topological polar surface area (TPSA) is 101 Å². The summed E-state index contributed by atoms with van der Waals surface area (Å²) in [4.78, 5) is 23.2. The lowest BCUT2D eigenvalue weighted by Crippen LogP contribution is -2.40. The quantitative estimate of drug-likeness (QED) is 0.759. The van der Waals surface area contributed by atoms with E-state index in [2.05, 4.69) is 5.32 Å². The number of benzene rings is 1. The zero-order valence-electron chi connectivity index (χ0n) is 12.7. The van der Waals surface area contributed by atoms with Crippen LogP contribution in [0.3, 0.4) is 0 Å². The molecule has 0 bridgehead atoms. The molecule has 0 aliphatic carbocycles. The standard InChI is InChI=1S/C15H21NO5S/c1-3-5-13(15(18)19)16-14(17)11-6-8-12(9-7-11)22(20,21)10-4-2/h6-9,13H,3-5,10H2,1-2H3,(H,16,17)(H,18,19). The van der Waals surface area contributed by atoms with Gasteiger partial charge in [-0.1, -0.05) is 20.3 Å². The van der Waals surface area contributed by atoms with Gasteiger partial charge in [-0.3, -0.25) is 4.79 Å². The molecule has 0 heterocycles. The summed E-state index contributed by atoms with van der Waals surface area (Å²) >= 11 is 0. The molecule has 0 aliphatic rings. The van der Waals surface area contributed by atoms with Crippen molar-refractivity contribution in [2.45, 2.75) is 44.0 Å². The first-order valence-corrected chi connectivity index (χ1v) is 8.83. The van der Waals surface area contributed by atoms with Crippen molar-refractivity contribution in [2.24, 2.45) is 0 Å². The predicted octanol–water partition coefficient (Wildman–Crippen LogP) is 1.85. The average molecular weight is 327 g/mol. The number of rotatable bonds is 8. The fraction of sp³-hybridized carbons (Fsp3) is 0.467. The van der Waals surface area contributed by atoms with Crippen LogP contribution in [0.2, 0.25) is 0 Å². The first kappa shape index (κ1) is 18.2. The van der Waals surface area contributed by atoms with Crippen LogP contribution in [0.25, 0.3) is 0 Å². The van der Waals surface area contributed by atoms with Gasteiger partial charge in [-0.2, -0.15) is 0 Å². The number of sulfone groups is 1. The summed E-state index contributed by atoms with van der Waals surface area (Å²) in [5, 5.41) is 11.4. The summed E-state index contributed by atoms with van der Waals surface area (Å²) in [5.41, 5.74) is 0.234. The molecule has 0 spiro atoms. The summed E-state index contributed by atoms with van der Waals surface area (Å²) in [5.74, 6) is -1.56. The zero-order valence-corrected chi connectivity index (χ0v) is 13.5. The molecule has 0 aliphatic heterocycles. The van der Waals surface area contributed by atoms with Crippen molar-refractivity contribution >= 4 is 21.7 Å². The normalized spacial score (nSPS) is 12.6. The number of carbonyl (C=O) groups excluding carboxylic acids is 1. The van der Waals surface area contributed by atoms with E-state index in [0.717, 1.165) is 0 Å². The van der Waals surface area contributed by atoms with Gasteiger partial charge in [0.25, 0.3) is 5.91 Å². The predicted molar refractivity (Wildman–Crippen MR) is 82.6 cm³/mol. The number of hydrogen-bond acceptors (Lipinski definition) is 4. The molecule has 7 heteroatoms. The van der Waals surface area contributed by atoms with Crippen molar-refractivity contribution in [3.63, 3.8) is 0 Å². The Kier molecular flexibility index (Phi) is 6.55. The Morgan fingerprint density at radius 2 is 1.73 bits per heavy atom. The van der Waals surface area contributed by atoms with Gasteiger partial charge in [0.05, 0.1) is 10.6 Å². The van der Waals surface area contributed by atoms with Crippen LogP contribution >= 0.6 is 0 Å². The lowest BCUT2D eigenvalue weighted by Gasteiger charge is -2.13. The van der Waals surface area contributed by atoms with Gasteiger partial charge in [0, 0.05) is 5.56 Å². The first-order chi connectivity index (χ1) is 10.3. The van der Waals surface area contributed by atoms with E-state index in [0.29, 0.717) is 19.3 Å². The summed E-state index contributed by atoms with van der Waals surface area (Å²) in [6.45, 7) is 3.61. The second kappa shape index (κ2) is 7.93. The van der Waals surface area contributed by atoms with Crippen LogP contribution in [-0.4, -0.2) is 37.2 Å². The van der Waals surface area contributed by atoms with Gasteiger partial charge in [-0.25, -0.2) is 13.2 Å². The minimum Gasteiger partial charge on any atom is -0.480 e. The third kappa shape index (κ3) is 4.84. The number of hydrogen-bond donors (Lipinski definition) is 2. The molecule has 0 saturated heterocycles. The van der Waals surface area contributed by atoms with Gasteiger partial charge in [0.1, 0.15) is 6.04 Å². The molecule has 0 aromatic heterocycles. The maximum absolute atomic E-state index is 12.0. The highest BCUT2D eigenvalue weighted by Crippen LogP contribution is 2.13. The molecule has 0 fully saturated rings. The molecule has 1 aromatic rings. The Hall–Kier alpha value is -1.89. The number of carboxylic acids is 1. The molecule has 1 atom stereocenters. The van der Waals surface area contributed by atoms with Crippen molar-refractivity contribution in [3.05, 3.63) is 29.8 Å². The molecule has 1 aromatic carbocycles. The van der Waals surface area contributed by atoms with Gasteiger partial charge >= 0.3 is 5.97 Å². The first-order valence-electron chi connectivity index (χ1n) is 7.18. The number of amides is 1. The Labute approximate surface area is 130 Å². The van der Waals surface area contributed by atoms with E-state index in [-0.39, 0.29) is 16.2 Å². The van der Waals surface area contributed by atoms with Crippen LogP contribution in [0.15, 0.2) is 29.2 Å². The van der Waals surface area contributed by atoms with E-state index in [4.69, 9.17) is 5.11 Å². The highest BCUT2D eigenvalue weighted by atomic mass is 32.2. The van der Waals surface area contributed by atoms with Crippen molar-refractivity contribution in [1.29, 1.82) is 0 Å². The van der Waals surface area contributed by atoms with E-state index >= 15 is 0 Å². The van der Waals surface area contributed by atoms with E-state index < -0.39 is 27.8 Å². The molecule has 0 saturated carbocycles. The Morgan fingerprint density at radius 1 is 1.14 bits per heavy atom. The minimum absolute atomic E-state index is 0.0517. The third-order valence-electron chi connectivity index (χ3n) is 3.13. The van der Waals surface area contributed by atoms with E-state index in [1.807, 2.05) is 6.92 Å². The fourth-order valence-electron chi connectivity index (χ4n) is 1.99. The van der Waals surface area contributed by atoms with Crippen LogP contribution in [0.4, 0.5) is 0 Å². The number of carboxylic acid groups (broad SMARTS) is 1. The van der Waals surface area contributed by atoms with Crippen molar-refractivity contribution < 1.29 is 23.1 Å². The third-order valence-corrected chi connectivity index (χ3v) is 5.07. The summed E-state index contributed by atoms with van der Waals surface area (Å²) in [6, 6.07) is 4.58. The summed E-state index contributed by atoms with van der Waals surface area (Å²) in [7, 11) is -3.32. The molecule has 1 unspecified atom stereocenters. The summed E-state index contributed by atoms with van der Waals surface area (Å²) in [6.07, 6.45) is 1.48. The average Bonchev–Trinajstić information content (AvgIpc) is 2.46. The van der Waals surface area contributed by atoms with Gasteiger partial charge in [0.2, 0.25) is 0 Å². The molecule has 22 heavy (non-hydrogen) atoms. The van der Waals surface area contributed by atoms with Crippen LogP contribution in [0.1, 0.15) is 43.5 Å². The van der Waals surface area contributed by atoms with E-state index in [9.17, 15) is 18.0 Å². The fourth-order valence-corrected chi connectivity index (χ4v) is 3.31. The van der Waals surface area contributed by atoms with Crippen molar-refractivity contribution in [1.82, 2.24) is 5.32 Å². The lowest BCUT2D eigenvalue weighted by molar-refractivity contribution is -0.139. The van der Waals surface area contributed by atoms with E-state index in [1.54, 1.807) is 6.92 Å². The summed E-state index contributed by atoms with van der Waals surface area (Å²) < 4.78 is 23.8. The highest BCUT2D eigenvalue weighted by Gasteiger charge is 2.20. The zero-order chi connectivity index (χ0) is 16.8. The molecule has 122 valence electrons. The van der Waals surface area contributed by atoms with Crippen LogP contribution in [0, 0.1) is 0 Å². The molecule has 0 radical (unpaired) electrons. The van der Waals surface area contributed by atoms with Gasteiger partial charge in [0.15, 0.2) is 9.84 Å². The molecule has 2 N–H and O–H groups in total. The molecule has 6 nitrogen and oxygen atoms in total. The Bertz CT molecular complexity index is 622. The largest absolute Gasteiger partial charge is 0.480 e. The van der Waals surface area contributed by atoms with Crippen LogP contribution < -0.4 is 5.32 Å². The minimum atomic E-state index is -3.32. The smallest absolute Gasteiger partial charge is 0.326 e. The van der Waals surface area contributed by atoms with E-state index in [1.165, 1.54) is 24.3 Å². The lowest BCUT2D eigenvalue weighted by atomic mass is 10.1. The molecule has 1 rings (SSSR count). The van der Waals surface area contributed by atoms with Crippen LogP contribution in [0.5, 0.6) is 0 Å². The van der Waals surface area contributed by atoms with Crippen molar-refractivity contribution in [3.8, 4) is 0 Å². The second-order valence-corrected chi connectivity index (χ2v) is 7.11. The van der Waals surface area contributed by atoms with Crippen molar-refractivity contribution in [2.75, 3.05) is 5.75 Å². The highest BCUT2D eigenvalue weighted by molar-refractivity contribution is 7.91. The molecular formula is C15H21NO5S. The second-order valence-electron chi connectivity index (χ2n) is 5.00. The SMILES string of the molecule is CCCC(NC(=O)c1ccc(S(=O)(=O)CCC)cc1)C(=O)O.